The Balaban J connectivity index is 0. The topological polar surface area (TPSA) is 43.1 Å². The highest BCUT2D eigenvalue weighted by molar-refractivity contribution is 5.85. The van der Waals surface area contributed by atoms with Gasteiger partial charge in [0.15, 0.2) is 0 Å². The second kappa shape index (κ2) is 5.59. The van der Waals surface area contributed by atoms with Crippen molar-refractivity contribution in [3.05, 3.63) is 28.7 Å². The number of rotatable bonds is 0. The average Bonchev–Trinajstić information content (AvgIpc) is 1.69. The third-order valence-corrected chi connectivity index (χ3v) is 0.534. The quantitative estimate of drug-likeness (QED) is 0.580. The Morgan fingerprint density at radius 3 is 2.33 bits per heavy atom. The fourth-order valence-corrected chi connectivity index (χ4v) is 0.258. The molecule has 0 aliphatic rings. The fraction of sp³-hybridized carbons (Fsp3) is 0. The Labute approximate surface area is 63.9 Å². The molecule has 0 amide bonds. The molecule has 0 radical (unpaired) electrons. The lowest BCUT2D eigenvalue weighted by Crippen LogP contribution is -1.93. The Morgan fingerprint density at radius 2 is 2.11 bits per heavy atom. The molecule has 0 aromatic carbocycles. The first-order chi connectivity index (χ1) is 3.39. The average molecular weight is 170 g/mol. The smallest absolute Gasteiger partial charge is 0.203 e. The lowest BCUT2D eigenvalue weighted by atomic mass is 10.6. The van der Waals surface area contributed by atoms with Crippen LogP contribution in [0.5, 0.6) is 0 Å². The van der Waals surface area contributed by atoms with E-state index >= 15 is 0 Å². The number of hydrogen-bond acceptors (Lipinski definition) is 3. The molecule has 1 rings (SSSR count). The summed E-state index contributed by atoms with van der Waals surface area (Å²) < 4.78 is 4.31. The van der Waals surface area contributed by atoms with Crippen molar-refractivity contribution in [3.8, 4) is 0 Å². The van der Waals surface area contributed by atoms with Gasteiger partial charge < -0.3 is 4.52 Å². The van der Waals surface area contributed by atoms with Gasteiger partial charge in [0, 0.05) is 6.07 Å². The Kier molecular flexibility index (Phi) is 7.01. The Bertz CT molecular complexity index is 182. The van der Waals surface area contributed by atoms with E-state index in [0.717, 1.165) is 6.20 Å². The summed E-state index contributed by atoms with van der Waals surface area (Å²) in [6.07, 6.45) is 2.35. The lowest BCUT2D eigenvalue weighted by Gasteiger charge is -1.70. The lowest BCUT2D eigenvalue weighted by molar-refractivity contribution is 0.397. The Hall–Kier alpha value is -0.540. The molecule has 0 spiro atoms. The minimum absolute atomic E-state index is 0. The fourth-order valence-electron chi connectivity index (χ4n) is 0.258. The molecule has 0 fully saturated rings. The second-order valence-electron chi connectivity index (χ2n) is 1.05. The van der Waals surface area contributed by atoms with Crippen LogP contribution in [0.3, 0.4) is 0 Å². The van der Waals surface area contributed by atoms with E-state index in [9.17, 15) is 4.79 Å². The van der Waals surface area contributed by atoms with Gasteiger partial charge in [0.2, 0.25) is 5.43 Å². The Morgan fingerprint density at radius 1 is 1.44 bits per heavy atom. The number of hydrogen-bond donors (Lipinski definition) is 0. The third-order valence-electron chi connectivity index (χ3n) is 0.534. The van der Waals surface area contributed by atoms with Gasteiger partial charge in [0.05, 0.1) is 0 Å². The predicted molar refractivity (Wildman–Crippen MR) is 37.3 cm³/mol. The van der Waals surface area contributed by atoms with Gasteiger partial charge in [-0.25, -0.2) is 0 Å². The zero-order chi connectivity index (χ0) is 5.11. The largest absolute Gasteiger partial charge is 0.365 e. The molecule has 9 heavy (non-hydrogen) atoms. The van der Waals surface area contributed by atoms with Crippen LogP contribution in [0.4, 0.5) is 0 Å². The van der Waals surface area contributed by atoms with Crippen LogP contribution in [0.25, 0.3) is 0 Å². The molecule has 0 atom stereocenters. The van der Waals surface area contributed by atoms with E-state index in [1.165, 1.54) is 12.3 Å². The van der Waals surface area contributed by atoms with Crippen molar-refractivity contribution < 1.29 is 4.52 Å². The van der Waals surface area contributed by atoms with Crippen LogP contribution in [0, 0.1) is 0 Å². The van der Waals surface area contributed by atoms with Gasteiger partial charge in [0.25, 0.3) is 0 Å². The summed E-state index contributed by atoms with van der Waals surface area (Å²) in [4.78, 5) is 10.1. The van der Waals surface area contributed by atoms with E-state index in [-0.39, 0.29) is 30.2 Å². The van der Waals surface area contributed by atoms with Crippen molar-refractivity contribution in [3.63, 3.8) is 0 Å². The normalized spacial score (nSPS) is 6.67. The van der Waals surface area contributed by atoms with Crippen LogP contribution < -0.4 is 5.43 Å². The van der Waals surface area contributed by atoms with E-state index in [4.69, 9.17) is 0 Å². The molecule has 0 unspecified atom stereocenters. The van der Waals surface area contributed by atoms with E-state index in [2.05, 4.69) is 9.68 Å². The van der Waals surface area contributed by atoms with Crippen LogP contribution in [0.1, 0.15) is 0 Å². The molecule has 3 nitrogen and oxygen atoms in total. The number of halogens is 2. The third kappa shape index (κ3) is 4.00. The van der Waals surface area contributed by atoms with Gasteiger partial charge in [-0.1, -0.05) is 5.16 Å². The molecular weight excluding hydrogens is 165 g/mol. The summed E-state index contributed by atoms with van der Waals surface area (Å²) in [5, 5.41) is 3.20. The highest BCUT2D eigenvalue weighted by Crippen LogP contribution is 1.64. The molecule has 0 N–H and O–H groups in total. The highest BCUT2D eigenvalue weighted by Gasteiger charge is 1.74. The molecule has 0 saturated heterocycles. The van der Waals surface area contributed by atoms with Crippen LogP contribution in [0.2, 0.25) is 0 Å². The highest BCUT2D eigenvalue weighted by atomic mass is 35.5. The molecule has 1 heterocycles. The van der Waals surface area contributed by atoms with Gasteiger partial charge in [-0.3, -0.25) is 4.79 Å². The molecule has 52 valence electrons. The van der Waals surface area contributed by atoms with Crippen LogP contribution in [-0.4, -0.2) is 5.16 Å². The van der Waals surface area contributed by atoms with Crippen molar-refractivity contribution in [2.24, 2.45) is 0 Å². The standard InChI is InChI=1S/C4H3NO2.2ClH/c6-4-1-2-7-5-3-4;;/h1-3H;2*1H. The maximum atomic E-state index is 10.1. The van der Waals surface area contributed by atoms with Crippen molar-refractivity contribution >= 4 is 24.8 Å². The molecule has 0 saturated carbocycles. The van der Waals surface area contributed by atoms with Gasteiger partial charge in [-0.15, -0.1) is 24.8 Å². The van der Waals surface area contributed by atoms with E-state index < -0.39 is 0 Å². The minimum atomic E-state index is -0.133. The van der Waals surface area contributed by atoms with Crippen molar-refractivity contribution in [2.45, 2.75) is 0 Å². The van der Waals surface area contributed by atoms with Gasteiger partial charge in [-0.2, -0.15) is 0 Å². The van der Waals surface area contributed by atoms with E-state index in [0.29, 0.717) is 0 Å². The monoisotopic (exact) mass is 169 g/mol. The molecule has 0 aliphatic carbocycles. The van der Waals surface area contributed by atoms with Gasteiger partial charge in [-0.05, 0) is 0 Å². The summed E-state index contributed by atoms with van der Waals surface area (Å²) >= 11 is 0. The van der Waals surface area contributed by atoms with Gasteiger partial charge in [0.1, 0.15) is 12.5 Å². The molecule has 0 aliphatic heterocycles. The first kappa shape index (κ1) is 11.3. The molecular formula is C4H5Cl2NO2. The van der Waals surface area contributed by atoms with Crippen molar-refractivity contribution in [1.82, 2.24) is 5.16 Å². The molecule has 1 aromatic heterocycles. The summed E-state index contributed by atoms with van der Waals surface area (Å²) in [5.74, 6) is 0. The number of aromatic nitrogens is 1. The van der Waals surface area contributed by atoms with Gasteiger partial charge >= 0.3 is 0 Å². The van der Waals surface area contributed by atoms with E-state index in [1.54, 1.807) is 0 Å². The SMILES string of the molecule is Cl.Cl.O=c1cconc1. The van der Waals surface area contributed by atoms with E-state index in [1.807, 2.05) is 0 Å². The zero-order valence-corrected chi connectivity index (χ0v) is 5.95. The maximum Gasteiger partial charge on any atom is 0.203 e. The zero-order valence-electron chi connectivity index (χ0n) is 4.31. The summed E-state index contributed by atoms with van der Waals surface area (Å²) in [6.45, 7) is 0. The summed E-state index contributed by atoms with van der Waals surface area (Å²) in [6, 6.07) is 1.30. The molecule has 5 heteroatoms. The first-order valence-electron chi connectivity index (χ1n) is 1.79. The van der Waals surface area contributed by atoms with Crippen LogP contribution in [0.15, 0.2) is 27.8 Å². The second-order valence-corrected chi connectivity index (χ2v) is 1.05. The van der Waals surface area contributed by atoms with Crippen LogP contribution in [-0.2, 0) is 0 Å². The summed E-state index contributed by atoms with van der Waals surface area (Å²) in [5.41, 5.74) is -0.133. The maximum absolute atomic E-state index is 10.1. The first-order valence-corrected chi connectivity index (χ1v) is 1.79. The van der Waals surface area contributed by atoms with Crippen LogP contribution >= 0.6 is 24.8 Å². The van der Waals surface area contributed by atoms with Crippen molar-refractivity contribution in [2.75, 3.05) is 0 Å². The number of nitrogens with zero attached hydrogens (tertiary/aromatic N) is 1. The minimum Gasteiger partial charge on any atom is -0.365 e. The molecule has 0 bridgehead atoms. The predicted octanol–water partition coefficient (Wildman–Crippen LogP) is 0.878. The van der Waals surface area contributed by atoms with Crippen molar-refractivity contribution in [1.29, 1.82) is 0 Å². The summed E-state index contributed by atoms with van der Waals surface area (Å²) in [7, 11) is 0. The molecule has 1 aromatic rings.